The Bertz CT molecular complexity index is 648. The van der Waals surface area contributed by atoms with Gasteiger partial charge in [-0.25, -0.2) is 0 Å². The van der Waals surface area contributed by atoms with E-state index < -0.39 is 8.32 Å². The summed E-state index contributed by atoms with van der Waals surface area (Å²) in [7, 11) is -2.49. The fourth-order valence-electron chi connectivity index (χ4n) is 3.65. The van der Waals surface area contributed by atoms with Crippen molar-refractivity contribution in [2.24, 2.45) is 0 Å². The number of rotatable bonds is 8. The second-order valence-electron chi connectivity index (χ2n) is 7.75. The molecule has 1 N–H and O–H groups in total. The molecule has 0 radical (unpaired) electrons. The van der Waals surface area contributed by atoms with Gasteiger partial charge >= 0.3 is 0 Å². The molecule has 0 spiro atoms. The first kappa shape index (κ1) is 20.6. The third-order valence-corrected chi connectivity index (χ3v) is 9.82. The zero-order valence-electron chi connectivity index (χ0n) is 16.5. The number of aliphatic hydroxyl groups is 1. The molecule has 3 heteroatoms. The maximum Gasteiger partial charge on any atom is 0.261 e. The van der Waals surface area contributed by atoms with E-state index in [9.17, 15) is 5.11 Å². The molecule has 140 valence electrons. The van der Waals surface area contributed by atoms with Crippen LogP contribution < -0.4 is 10.4 Å². The molecule has 0 aliphatic rings. The molecule has 0 saturated heterocycles. The zero-order chi connectivity index (χ0) is 19.0. The average Bonchev–Trinajstić information content (AvgIpc) is 2.63. The maximum atomic E-state index is 9.37. The Hall–Kier alpha value is -1.68. The van der Waals surface area contributed by atoms with Crippen LogP contribution in [0.4, 0.5) is 0 Å². The van der Waals surface area contributed by atoms with Crippen molar-refractivity contribution in [2.45, 2.75) is 45.6 Å². The van der Waals surface area contributed by atoms with Crippen molar-refractivity contribution in [3.05, 3.63) is 72.3 Å². The summed E-state index contributed by atoms with van der Waals surface area (Å²) in [6.45, 7) is 9.66. The Kier molecular flexibility index (Phi) is 7.39. The van der Waals surface area contributed by atoms with E-state index in [1.165, 1.54) is 15.9 Å². The highest BCUT2D eigenvalue weighted by Crippen LogP contribution is 2.37. The Balaban J connectivity index is 2.55. The highest BCUT2D eigenvalue weighted by molar-refractivity contribution is 6.99. The first-order valence-electron chi connectivity index (χ1n) is 9.49. The lowest BCUT2D eigenvalue weighted by molar-refractivity contribution is 0.315. The SMILES string of the molecule is CCC/C(=C\CO)CO[Si](c1ccccc1)(c1ccccc1)C(C)(C)C. The van der Waals surface area contributed by atoms with Crippen LogP contribution in [0.1, 0.15) is 40.5 Å². The highest BCUT2D eigenvalue weighted by atomic mass is 28.4. The van der Waals surface area contributed by atoms with Gasteiger partial charge in [0.25, 0.3) is 8.32 Å². The standard InChI is InChI=1S/C23H32O2Si/c1-5-12-20(17-18-24)19-25-26(23(2,3)4,21-13-8-6-9-14-21)22-15-10-7-11-16-22/h6-11,13-17,24H,5,12,18-19H2,1-4H3/b20-17+. The van der Waals surface area contributed by atoms with Crippen LogP contribution in [0.25, 0.3) is 0 Å². The van der Waals surface area contributed by atoms with E-state index in [1.54, 1.807) is 0 Å². The molecule has 0 aromatic heterocycles. The van der Waals surface area contributed by atoms with Gasteiger partial charge in [-0.3, -0.25) is 0 Å². The van der Waals surface area contributed by atoms with Gasteiger partial charge in [0.1, 0.15) is 0 Å². The summed E-state index contributed by atoms with van der Waals surface area (Å²) in [4.78, 5) is 0. The lowest BCUT2D eigenvalue weighted by atomic mass is 10.1. The second-order valence-corrected chi connectivity index (χ2v) is 12.1. The van der Waals surface area contributed by atoms with E-state index in [-0.39, 0.29) is 11.6 Å². The van der Waals surface area contributed by atoms with Gasteiger partial charge in [0.15, 0.2) is 0 Å². The smallest absolute Gasteiger partial charge is 0.261 e. The maximum absolute atomic E-state index is 9.37. The van der Waals surface area contributed by atoms with Crippen molar-refractivity contribution in [1.29, 1.82) is 0 Å². The van der Waals surface area contributed by atoms with E-state index >= 15 is 0 Å². The molecule has 0 amide bonds. The molecular formula is C23H32O2Si. The highest BCUT2D eigenvalue weighted by Gasteiger charge is 2.50. The lowest BCUT2D eigenvalue weighted by Gasteiger charge is -2.43. The van der Waals surface area contributed by atoms with Gasteiger partial charge in [0.05, 0.1) is 13.2 Å². The number of hydrogen-bond acceptors (Lipinski definition) is 2. The average molecular weight is 369 g/mol. The number of aliphatic hydroxyl groups excluding tert-OH is 1. The minimum Gasteiger partial charge on any atom is -0.403 e. The van der Waals surface area contributed by atoms with Crippen LogP contribution in [0.2, 0.25) is 5.04 Å². The van der Waals surface area contributed by atoms with Gasteiger partial charge in [0.2, 0.25) is 0 Å². The molecule has 0 unspecified atom stereocenters. The van der Waals surface area contributed by atoms with Crippen LogP contribution in [0.15, 0.2) is 72.3 Å². The number of hydrogen-bond donors (Lipinski definition) is 1. The minimum atomic E-state index is -2.49. The summed E-state index contributed by atoms with van der Waals surface area (Å²) in [5.41, 5.74) is 1.18. The summed E-state index contributed by atoms with van der Waals surface area (Å²) in [5, 5.41) is 11.9. The summed E-state index contributed by atoms with van der Waals surface area (Å²) < 4.78 is 6.89. The predicted molar refractivity (Wildman–Crippen MR) is 114 cm³/mol. The fraction of sp³-hybridized carbons (Fsp3) is 0.391. The predicted octanol–water partition coefficient (Wildman–Crippen LogP) is 4.28. The van der Waals surface area contributed by atoms with Gasteiger partial charge in [-0.2, -0.15) is 0 Å². The van der Waals surface area contributed by atoms with Gasteiger partial charge in [-0.15, -0.1) is 0 Å². The first-order chi connectivity index (χ1) is 12.5. The molecule has 0 fully saturated rings. The van der Waals surface area contributed by atoms with Crippen molar-refractivity contribution in [3.8, 4) is 0 Å². The second kappa shape index (κ2) is 9.31. The van der Waals surface area contributed by atoms with E-state index in [0.717, 1.165) is 12.8 Å². The van der Waals surface area contributed by atoms with E-state index in [0.29, 0.717) is 6.61 Å². The molecule has 2 aromatic carbocycles. The van der Waals surface area contributed by atoms with Gasteiger partial charge in [-0.1, -0.05) is 101 Å². The van der Waals surface area contributed by atoms with Crippen LogP contribution >= 0.6 is 0 Å². The monoisotopic (exact) mass is 368 g/mol. The van der Waals surface area contributed by atoms with Crippen LogP contribution in [-0.2, 0) is 4.43 Å². The molecule has 0 aliphatic heterocycles. The molecule has 0 aliphatic carbocycles. The van der Waals surface area contributed by atoms with Gasteiger partial charge in [-0.05, 0) is 27.4 Å². The largest absolute Gasteiger partial charge is 0.403 e. The Morgan fingerprint density at radius 2 is 1.46 bits per heavy atom. The van der Waals surface area contributed by atoms with E-state index in [2.05, 4.69) is 88.4 Å². The van der Waals surface area contributed by atoms with Crippen molar-refractivity contribution in [2.75, 3.05) is 13.2 Å². The topological polar surface area (TPSA) is 29.5 Å². The molecule has 2 rings (SSSR count). The fourth-order valence-corrected chi connectivity index (χ4v) is 8.20. The summed E-state index contributed by atoms with van der Waals surface area (Å²) in [6.07, 6.45) is 3.91. The normalized spacial score (nSPS) is 13.0. The quantitative estimate of drug-likeness (QED) is 0.557. The molecule has 2 aromatic rings. The number of benzene rings is 2. The minimum absolute atomic E-state index is 0.0216. The first-order valence-corrected chi connectivity index (χ1v) is 11.4. The summed E-state index contributed by atoms with van der Waals surface area (Å²) in [5.74, 6) is 0. The lowest BCUT2D eigenvalue weighted by Crippen LogP contribution is -2.66. The Morgan fingerprint density at radius 3 is 1.85 bits per heavy atom. The third-order valence-electron chi connectivity index (χ3n) is 4.84. The van der Waals surface area contributed by atoms with Crippen LogP contribution in [0.5, 0.6) is 0 Å². The zero-order valence-corrected chi connectivity index (χ0v) is 17.5. The van der Waals surface area contributed by atoms with E-state index in [4.69, 9.17) is 4.43 Å². The van der Waals surface area contributed by atoms with Crippen LogP contribution in [0.3, 0.4) is 0 Å². The van der Waals surface area contributed by atoms with Crippen molar-refractivity contribution < 1.29 is 9.53 Å². The van der Waals surface area contributed by atoms with Crippen LogP contribution in [-0.4, -0.2) is 26.6 Å². The summed E-state index contributed by atoms with van der Waals surface area (Å²) in [6, 6.07) is 21.4. The molecule has 0 heterocycles. The van der Waals surface area contributed by atoms with E-state index in [1.807, 2.05) is 6.08 Å². The molecule has 0 bridgehead atoms. The Morgan fingerprint density at radius 1 is 0.962 bits per heavy atom. The molecule has 26 heavy (non-hydrogen) atoms. The molecule has 2 nitrogen and oxygen atoms in total. The van der Waals surface area contributed by atoms with Crippen molar-refractivity contribution in [1.82, 2.24) is 0 Å². The van der Waals surface area contributed by atoms with Crippen molar-refractivity contribution >= 4 is 18.7 Å². The van der Waals surface area contributed by atoms with Crippen molar-refractivity contribution in [3.63, 3.8) is 0 Å². The third kappa shape index (κ3) is 4.53. The molecular weight excluding hydrogens is 336 g/mol. The van der Waals surface area contributed by atoms with Gasteiger partial charge < -0.3 is 9.53 Å². The van der Waals surface area contributed by atoms with Gasteiger partial charge in [0, 0.05) is 0 Å². The molecule has 0 atom stereocenters. The van der Waals surface area contributed by atoms with Crippen LogP contribution in [0, 0.1) is 0 Å². The summed E-state index contributed by atoms with van der Waals surface area (Å²) >= 11 is 0. The Labute approximate surface area is 159 Å². The molecule has 0 saturated carbocycles.